The van der Waals surface area contributed by atoms with Gasteiger partial charge in [0.1, 0.15) is 5.75 Å². The van der Waals surface area contributed by atoms with Crippen molar-refractivity contribution in [2.75, 3.05) is 19.7 Å². The molecule has 2 aliphatic rings. The zero-order chi connectivity index (χ0) is 17.1. The molecule has 0 unspecified atom stereocenters. The lowest BCUT2D eigenvalue weighted by molar-refractivity contribution is 0.0924. The standard InChI is InChI=1S/C21H24N2O2/c24-21(22-19-10-13-25-20-9-2-1-8-18(19)20)17-7-5-6-16(14-17)15-23-11-3-4-12-23/h1-2,5-9,14,19H,3-4,10-13,15H2,(H,22,24)/t19-/m0/s1. The van der Waals surface area contributed by atoms with Gasteiger partial charge >= 0.3 is 0 Å². The van der Waals surface area contributed by atoms with Crippen LogP contribution in [0.1, 0.15) is 46.8 Å². The molecule has 1 fully saturated rings. The number of likely N-dealkylation sites (tertiary alicyclic amines) is 1. The number of para-hydroxylation sites is 1. The van der Waals surface area contributed by atoms with Crippen molar-refractivity contribution in [2.24, 2.45) is 0 Å². The number of carbonyl (C=O) groups is 1. The zero-order valence-electron chi connectivity index (χ0n) is 14.4. The van der Waals surface area contributed by atoms with Gasteiger partial charge in [0.05, 0.1) is 12.6 Å². The van der Waals surface area contributed by atoms with E-state index in [0.717, 1.165) is 42.9 Å². The van der Waals surface area contributed by atoms with Gasteiger partial charge in [-0.2, -0.15) is 0 Å². The lowest BCUT2D eigenvalue weighted by Gasteiger charge is -2.26. The molecule has 4 heteroatoms. The Bertz CT molecular complexity index is 753. The summed E-state index contributed by atoms with van der Waals surface area (Å²) < 4.78 is 5.68. The number of ether oxygens (including phenoxy) is 1. The Morgan fingerprint density at radius 3 is 2.84 bits per heavy atom. The van der Waals surface area contributed by atoms with Crippen LogP contribution in [-0.2, 0) is 6.54 Å². The van der Waals surface area contributed by atoms with Gasteiger partial charge in [-0.25, -0.2) is 0 Å². The van der Waals surface area contributed by atoms with Gasteiger partial charge in [-0.05, 0) is 49.7 Å². The van der Waals surface area contributed by atoms with E-state index in [0.29, 0.717) is 6.61 Å². The maximum Gasteiger partial charge on any atom is 0.251 e. The molecule has 0 aliphatic carbocycles. The molecule has 0 spiro atoms. The van der Waals surface area contributed by atoms with E-state index in [1.165, 1.54) is 18.4 Å². The summed E-state index contributed by atoms with van der Waals surface area (Å²) in [6.07, 6.45) is 3.36. The van der Waals surface area contributed by atoms with Gasteiger partial charge in [-0.3, -0.25) is 9.69 Å². The number of hydrogen-bond donors (Lipinski definition) is 1. The molecule has 4 nitrogen and oxygen atoms in total. The van der Waals surface area contributed by atoms with E-state index >= 15 is 0 Å². The molecule has 1 atom stereocenters. The van der Waals surface area contributed by atoms with Crippen LogP contribution >= 0.6 is 0 Å². The van der Waals surface area contributed by atoms with Crippen molar-refractivity contribution >= 4 is 5.91 Å². The quantitative estimate of drug-likeness (QED) is 0.928. The summed E-state index contributed by atoms with van der Waals surface area (Å²) in [6.45, 7) is 3.89. The topological polar surface area (TPSA) is 41.6 Å². The fraction of sp³-hybridized carbons (Fsp3) is 0.381. The number of nitrogens with zero attached hydrogens (tertiary/aromatic N) is 1. The van der Waals surface area contributed by atoms with Crippen molar-refractivity contribution in [3.05, 3.63) is 65.2 Å². The van der Waals surface area contributed by atoms with Crippen LogP contribution in [0.2, 0.25) is 0 Å². The largest absolute Gasteiger partial charge is 0.493 e. The number of carbonyl (C=O) groups excluding carboxylic acids is 1. The smallest absolute Gasteiger partial charge is 0.251 e. The lowest BCUT2D eigenvalue weighted by atomic mass is 10.00. The van der Waals surface area contributed by atoms with Crippen LogP contribution in [0.4, 0.5) is 0 Å². The van der Waals surface area contributed by atoms with Crippen molar-refractivity contribution in [1.29, 1.82) is 0 Å². The monoisotopic (exact) mass is 336 g/mol. The SMILES string of the molecule is O=C(N[C@H]1CCOc2ccccc21)c1cccc(CN2CCCC2)c1. The third-order valence-corrected chi connectivity index (χ3v) is 5.06. The number of benzene rings is 2. The van der Waals surface area contributed by atoms with E-state index in [4.69, 9.17) is 4.74 Å². The second-order valence-electron chi connectivity index (χ2n) is 6.88. The normalized spacial score (nSPS) is 19.9. The number of fused-ring (bicyclic) bond motifs is 1. The number of rotatable bonds is 4. The molecule has 1 amide bonds. The van der Waals surface area contributed by atoms with Crippen LogP contribution in [0.25, 0.3) is 0 Å². The van der Waals surface area contributed by atoms with E-state index in [1.54, 1.807) is 0 Å². The summed E-state index contributed by atoms with van der Waals surface area (Å²) in [5.41, 5.74) is 3.01. The molecule has 0 saturated carbocycles. The highest BCUT2D eigenvalue weighted by Crippen LogP contribution is 2.31. The molecule has 2 aliphatic heterocycles. The Balaban J connectivity index is 1.46. The first-order valence-electron chi connectivity index (χ1n) is 9.13. The van der Waals surface area contributed by atoms with Crippen molar-refractivity contribution in [3.63, 3.8) is 0 Å². The van der Waals surface area contributed by atoms with Gasteiger partial charge in [0.2, 0.25) is 0 Å². The van der Waals surface area contributed by atoms with Crippen molar-refractivity contribution < 1.29 is 9.53 Å². The molecular formula is C21H24N2O2. The first kappa shape index (κ1) is 16.2. The molecule has 1 saturated heterocycles. The molecule has 2 aromatic rings. The van der Waals surface area contributed by atoms with Crippen LogP contribution in [0.3, 0.4) is 0 Å². The van der Waals surface area contributed by atoms with Crippen molar-refractivity contribution in [3.8, 4) is 5.75 Å². The minimum absolute atomic E-state index is 0.00928. The fourth-order valence-electron chi connectivity index (χ4n) is 3.74. The summed E-state index contributed by atoms with van der Waals surface area (Å²) in [5, 5.41) is 3.18. The molecule has 130 valence electrons. The van der Waals surface area contributed by atoms with Crippen LogP contribution in [0.15, 0.2) is 48.5 Å². The van der Waals surface area contributed by atoms with E-state index < -0.39 is 0 Å². The first-order valence-corrected chi connectivity index (χ1v) is 9.13. The predicted molar refractivity (Wildman–Crippen MR) is 97.7 cm³/mol. The third kappa shape index (κ3) is 3.69. The highest BCUT2D eigenvalue weighted by Gasteiger charge is 2.23. The van der Waals surface area contributed by atoms with E-state index in [2.05, 4.69) is 16.3 Å². The molecule has 1 N–H and O–H groups in total. The van der Waals surface area contributed by atoms with Crippen LogP contribution in [-0.4, -0.2) is 30.5 Å². The molecule has 25 heavy (non-hydrogen) atoms. The maximum atomic E-state index is 12.7. The summed E-state index contributed by atoms with van der Waals surface area (Å²) in [5.74, 6) is 0.867. The summed E-state index contributed by atoms with van der Waals surface area (Å²) >= 11 is 0. The van der Waals surface area contributed by atoms with Gasteiger partial charge in [-0.15, -0.1) is 0 Å². The molecule has 4 rings (SSSR count). The average Bonchev–Trinajstić information content (AvgIpc) is 3.15. The molecule has 0 aromatic heterocycles. The van der Waals surface area contributed by atoms with Gasteiger partial charge in [0.25, 0.3) is 5.91 Å². The number of amides is 1. The highest BCUT2D eigenvalue weighted by molar-refractivity contribution is 5.94. The minimum Gasteiger partial charge on any atom is -0.493 e. The second-order valence-corrected chi connectivity index (χ2v) is 6.88. The second kappa shape index (κ2) is 7.28. The molecule has 0 radical (unpaired) electrons. The average molecular weight is 336 g/mol. The summed E-state index contributed by atoms with van der Waals surface area (Å²) in [4.78, 5) is 15.2. The van der Waals surface area contributed by atoms with E-state index in [1.807, 2.05) is 42.5 Å². The van der Waals surface area contributed by atoms with E-state index in [-0.39, 0.29) is 11.9 Å². The zero-order valence-corrected chi connectivity index (χ0v) is 14.4. The number of hydrogen-bond acceptors (Lipinski definition) is 3. The Kier molecular flexibility index (Phi) is 4.70. The van der Waals surface area contributed by atoms with Gasteiger partial charge in [0, 0.05) is 24.1 Å². The van der Waals surface area contributed by atoms with E-state index in [9.17, 15) is 4.79 Å². The minimum atomic E-state index is -0.00928. The molecule has 2 aromatic carbocycles. The van der Waals surface area contributed by atoms with Crippen molar-refractivity contribution in [2.45, 2.75) is 31.8 Å². The van der Waals surface area contributed by atoms with Crippen LogP contribution < -0.4 is 10.1 Å². The predicted octanol–water partition coefficient (Wildman–Crippen LogP) is 3.54. The van der Waals surface area contributed by atoms with Crippen LogP contribution in [0, 0.1) is 0 Å². The molecule has 0 bridgehead atoms. The lowest BCUT2D eigenvalue weighted by Crippen LogP contribution is -2.32. The Morgan fingerprint density at radius 1 is 1.12 bits per heavy atom. The highest BCUT2D eigenvalue weighted by atomic mass is 16.5. The fourth-order valence-corrected chi connectivity index (χ4v) is 3.74. The maximum absolute atomic E-state index is 12.7. The molecular weight excluding hydrogens is 312 g/mol. The Morgan fingerprint density at radius 2 is 1.96 bits per heavy atom. The van der Waals surface area contributed by atoms with Crippen molar-refractivity contribution in [1.82, 2.24) is 10.2 Å². The number of nitrogens with one attached hydrogen (secondary N) is 1. The summed E-state index contributed by atoms with van der Waals surface area (Å²) in [6, 6.07) is 16.0. The Labute approximate surface area is 148 Å². The van der Waals surface area contributed by atoms with Gasteiger partial charge < -0.3 is 10.1 Å². The first-order chi connectivity index (χ1) is 12.3. The Hall–Kier alpha value is -2.33. The van der Waals surface area contributed by atoms with Gasteiger partial charge in [0.15, 0.2) is 0 Å². The molecule has 2 heterocycles. The van der Waals surface area contributed by atoms with Gasteiger partial charge in [-0.1, -0.05) is 30.3 Å². The third-order valence-electron chi connectivity index (χ3n) is 5.06. The summed E-state index contributed by atoms with van der Waals surface area (Å²) in [7, 11) is 0. The van der Waals surface area contributed by atoms with Crippen LogP contribution in [0.5, 0.6) is 5.75 Å².